The first-order chi connectivity index (χ1) is 12.6. The van der Waals surface area contributed by atoms with Crippen LogP contribution in [0, 0.1) is 6.92 Å². The summed E-state index contributed by atoms with van der Waals surface area (Å²) in [4.78, 5) is 2.49. The minimum Gasteiger partial charge on any atom is -0.358 e. The molecule has 2 aliphatic heterocycles. The van der Waals surface area contributed by atoms with E-state index in [2.05, 4.69) is 74.2 Å². The van der Waals surface area contributed by atoms with E-state index in [1.807, 2.05) is 0 Å². The summed E-state index contributed by atoms with van der Waals surface area (Å²) in [5.74, 6) is 2.89. The maximum Gasteiger partial charge on any atom is 0.120 e. The SMILES string of the molecule is Cc1ccc(C(C)(C)c2ccc(C3CCCN4CCSN=C34)cc2)cc1. The van der Waals surface area contributed by atoms with Crippen molar-refractivity contribution in [2.24, 2.45) is 4.40 Å². The van der Waals surface area contributed by atoms with Crippen LogP contribution in [0.3, 0.4) is 0 Å². The summed E-state index contributed by atoms with van der Waals surface area (Å²) < 4.78 is 4.80. The van der Waals surface area contributed by atoms with Gasteiger partial charge in [-0.3, -0.25) is 0 Å². The van der Waals surface area contributed by atoms with Crippen molar-refractivity contribution >= 4 is 17.8 Å². The van der Waals surface area contributed by atoms with Gasteiger partial charge < -0.3 is 4.90 Å². The molecule has 3 heteroatoms. The van der Waals surface area contributed by atoms with Crippen molar-refractivity contribution in [1.82, 2.24) is 4.90 Å². The molecule has 0 aromatic heterocycles. The van der Waals surface area contributed by atoms with Crippen molar-refractivity contribution in [2.75, 3.05) is 18.8 Å². The molecule has 0 bridgehead atoms. The van der Waals surface area contributed by atoms with Gasteiger partial charge in [-0.2, -0.15) is 0 Å². The molecule has 2 heterocycles. The van der Waals surface area contributed by atoms with E-state index >= 15 is 0 Å². The lowest BCUT2D eigenvalue weighted by Crippen LogP contribution is -2.43. The van der Waals surface area contributed by atoms with Crippen LogP contribution in [0.25, 0.3) is 0 Å². The predicted molar refractivity (Wildman–Crippen MR) is 113 cm³/mol. The summed E-state index contributed by atoms with van der Waals surface area (Å²) in [7, 11) is 0. The number of hydrogen-bond acceptors (Lipinski definition) is 3. The lowest BCUT2D eigenvalue weighted by atomic mass is 9.77. The summed E-state index contributed by atoms with van der Waals surface area (Å²) >= 11 is 1.73. The Labute approximate surface area is 161 Å². The van der Waals surface area contributed by atoms with E-state index in [1.165, 1.54) is 47.5 Å². The molecule has 0 radical (unpaired) electrons. The number of hydrogen-bond donors (Lipinski definition) is 0. The monoisotopic (exact) mass is 364 g/mol. The largest absolute Gasteiger partial charge is 0.358 e. The summed E-state index contributed by atoms with van der Waals surface area (Å²) in [5, 5.41) is 0. The van der Waals surface area contributed by atoms with E-state index in [0.717, 1.165) is 12.3 Å². The number of nitrogens with zero attached hydrogens (tertiary/aromatic N) is 2. The van der Waals surface area contributed by atoms with Gasteiger partial charge in [-0.25, -0.2) is 4.40 Å². The highest BCUT2D eigenvalue weighted by molar-refractivity contribution is 7.98. The zero-order valence-corrected chi connectivity index (χ0v) is 16.9. The Morgan fingerprint density at radius 1 is 0.962 bits per heavy atom. The van der Waals surface area contributed by atoms with Crippen molar-refractivity contribution in [3.8, 4) is 0 Å². The van der Waals surface area contributed by atoms with E-state index in [0.29, 0.717) is 5.92 Å². The second-order valence-corrected chi connectivity index (χ2v) is 8.93. The fourth-order valence-electron chi connectivity index (χ4n) is 4.15. The Morgan fingerprint density at radius 3 is 2.31 bits per heavy atom. The molecule has 1 saturated heterocycles. The molecule has 1 fully saturated rings. The van der Waals surface area contributed by atoms with E-state index in [9.17, 15) is 0 Å². The van der Waals surface area contributed by atoms with Gasteiger partial charge in [0.1, 0.15) is 5.84 Å². The molecule has 0 saturated carbocycles. The number of rotatable bonds is 3. The van der Waals surface area contributed by atoms with Gasteiger partial charge in [-0.15, -0.1) is 0 Å². The molecular weight excluding hydrogens is 336 g/mol. The van der Waals surface area contributed by atoms with Crippen LogP contribution in [0.4, 0.5) is 0 Å². The Balaban J connectivity index is 1.60. The summed E-state index contributed by atoms with van der Waals surface area (Å²) in [6.45, 7) is 9.10. The molecule has 0 spiro atoms. The maximum atomic E-state index is 4.80. The average Bonchev–Trinajstić information content (AvgIpc) is 2.68. The Morgan fingerprint density at radius 2 is 1.62 bits per heavy atom. The Hall–Kier alpha value is -1.74. The van der Waals surface area contributed by atoms with Crippen LogP contribution in [0.15, 0.2) is 52.9 Å². The Bertz CT molecular complexity index is 790. The number of benzene rings is 2. The number of aryl methyl sites for hydroxylation is 1. The fraction of sp³-hybridized carbons (Fsp3) is 0.435. The first kappa shape index (κ1) is 17.7. The molecular formula is C23H28N2S. The molecule has 0 N–H and O–H groups in total. The normalized spacial score (nSPS) is 20.5. The number of piperidine rings is 1. The first-order valence-corrected chi connectivity index (χ1v) is 10.6. The van der Waals surface area contributed by atoms with E-state index < -0.39 is 0 Å². The van der Waals surface area contributed by atoms with Crippen molar-refractivity contribution < 1.29 is 0 Å². The fourth-order valence-corrected chi connectivity index (χ4v) is 4.91. The minimum absolute atomic E-state index is 0.0169. The van der Waals surface area contributed by atoms with Gasteiger partial charge in [-0.1, -0.05) is 67.9 Å². The van der Waals surface area contributed by atoms with Gasteiger partial charge in [0.15, 0.2) is 0 Å². The van der Waals surface area contributed by atoms with E-state index in [-0.39, 0.29) is 5.41 Å². The van der Waals surface area contributed by atoms with Crippen molar-refractivity contribution in [3.63, 3.8) is 0 Å². The van der Waals surface area contributed by atoms with Crippen LogP contribution in [0.2, 0.25) is 0 Å². The minimum atomic E-state index is 0.0169. The van der Waals surface area contributed by atoms with Crippen LogP contribution >= 0.6 is 11.9 Å². The van der Waals surface area contributed by atoms with Gasteiger partial charge in [-0.05, 0) is 48.4 Å². The van der Waals surface area contributed by atoms with Crippen LogP contribution in [-0.4, -0.2) is 29.6 Å². The van der Waals surface area contributed by atoms with Crippen LogP contribution in [0.5, 0.6) is 0 Å². The molecule has 2 aliphatic rings. The third-order valence-corrected chi connectivity index (χ3v) is 6.66. The van der Waals surface area contributed by atoms with Crippen LogP contribution < -0.4 is 0 Å². The second-order valence-electron chi connectivity index (χ2n) is 8.08. The zero-order chi connectivity index (χ0) is 18.1. The molecule has 136 valence electrons. The maximum absolute atomic E-state index is 4.80. The molecule has 4 rings (SSSR count). The predicted octanol–water partition coefficient (Wildman–Crippen LogP) is 5.56. The zero-order valence-electron chi connectivity index (χ0n) is 16.0. The van der Waals surface area contributed by atoms with Crippen molar-refractivity contribution in [3.05, 3.63) is 70.8 Å². The van der Waals surface area contributed by atoms with E-state index in [1.54, 1.807) is 11.9 Å². The highest BCUT2D eigenvalue weighted by atomic mass is 32.2. The molecule has 0 aliphatic carbocycles. The van der Waals surface area contributed by atoms with Crippen LogP contribution in [-0.2, 0) is 5.41 Å². The molecule has 26 heavy (non-hydrogen) atoms. The molecule has 2 aromatic rings. The molecule has 2 aromatic carbocycles. The molecule has 2 nitrogen and oxygen atoms in total. The topological polar surface area (TPSA) is 15.6 Å². The second kappa shape index (κ2) is 7.11. The van der Waals surface area contributed by atoms with Crippen molar-refractivity contribution in [1.29, 1.82) is 0 Å². The smallest absolute Gasteiger partial charge is 0.120 e. The average molecular weight is 365 g/mol. The summed E-state index contributed by atoms with van der Waals surface area (Å²) in [6.07, 6.45) is 2.49. The summed E-state index contributed by atoms with van der Waals surface area (Å²) in [6, 6.07) is 18.3. The summed E-state index contributed by atoms with van der Waals surface area (Å²) in [5.41, 5.74) is 5.49. The first-order valence-electron chi connectivity index (χ1n) is 9.68. The molecule has 0 amide bonds. The third kappa shape index (κ3) is 3.29. The third-order valence-electron chi connectivity index (χ3n) is 5.98. The van der Waals surface area contributed by atoms with Gasteiger partial charge in [0.05, 0.1) is 0 Å². The highest BCUT2D eigenvalue weighted by Crippen LogP contribution is 2.35. The van der Waals surface area contributed by atoms with Gasteiger partial charge in [0, 0.05) is 30.2 Å². The van der Waals surface area contributed by atoms with Crippen molar-refractivity contribution in [2.45, 2.75) is 44.9 Å². The number of amidine groups is 1. The lowest BCUT2D eigenvalue weighted by Gasteiger charge is -2.38. The lowest BCUT2D eigenvalue weighted by molar-refractivity contribution is 0.371. The standard InChI is InChI=1S/C23H28N2S/c1-17-6-10-19(11-7-17)23(2,3)20-12-8-18(9-13-20)21-5-4-14-25-15-16-26-24-22(21)25/h6-13,21H,4-5,14-16H2,1-3H3. The van der Waals surface area contributed by atoms with Gasteiger partial charge >= 0.3 is 0 Å². The molecule has 1 atom stereocenters. The number of fused-ring (bicyclic) bond motifs is 1. The Kier molecular flexibility index (Phi) is 4.83. The van der Waals surface area contributed by atoms with Gasteiger partial charge in [0.2, 0.25) is 0 Å². The van der Waals surface area contributed by atoms with Crippen LogP contribution in [0.1, 0.15) is 54.9 Å². The van der Waals surface area contributed by atoms with E-state index in [4.69, 9.17) is 4.40 Å². The highest BCUT2D eigenvalue weighted by Gasteiger charge is 2.30. The molecule has 1 unspecified atom stereocenters. The quantitative estimate of drug-likeness (QED) is 0.663. The van der Waals surface area contributed by atoms with Gasteiger partial charge in [0.25, 0.3) is 0 Å².